The van der Waals surface area contributed by atoms with Crippen LogP contribution in [0.5, 0.6) is 5.75 Å². The number of ether oxygens (including phenoxy) is 1. The van der Waals surface area contributed by atoms with Gasteiger partial charge < -0.3 is 19.4 Å². The van der Waals surface area contributed by atoms with Crippen molar-refractivity contribution in [3.63, 3.8) is 0 Å². The summed E-state index contributed by atoms with van der Waals surface area (Å²) >= 11 is 0. The number of para-hydroxylation sites is 1. The quantitative estimate of drug-likeness (QED) is 0.553. The number of nitriles is 1. The molecule has 9 nitrogen and oxygen atoms in total. The number of rotatable bonds is 7. The molecule has 1 saturated heterocycles. The van der Waals surface area contributed by atoms with Crippen LogP contribution in [0.3, 0.4) is 0 Å². The average Bonchev–Trinajstić information content (AvgIpc) is 3.33. The number of sulfonamides is 1. The van der Waals surface area contributed by atoms with Gasteiger partial charge in [0.2, 0.25) is 10.0 Å². The third kappa shape index (κ3) is 5.28. The predicted octanol–water partition coefficient (Wildman–Crippen LogP) is 2.92. The molecular weight excluding hydrogens is 456 g/mol. The maximum Gasteiger partial charge on any atom is 0.291 e. The van der Waals surface area contributed by atoms with Crippen LogP contribution in [0.15, 0.2) is 70.0 Å². The van der Waals surface area contributed by atoms with Crippen molar-refractivity contribution in [1.29, 1.82) is 5.26 Å². The lowest BCUT2D eigenvalue weighted by Crippen LogP contribution is -2.47. The van der Waals surface area contributed by atoms with Crippen molar-refractivity contribution in [2.24, 2.45) is 0 Å². The predicted molar refractivity (Wildman–Crippen MR) is 125 cm³/mol. The first-order chi connectivity index (χ1) is 16.4. The van der Waals surface area contributed by atoms with Crippen molar-refractivity contribution in [3.05, 3.63) is 77.7 Å². The molecule has 0 spiro atoms. The Morgan fingerprint density at radius 3 is 2.62 bits per heavy atom. The number of piperazine rings is 1. The molecule has 0 unspecified atom stereocenters. The fraction of sp³-hybridized carbons (Fsp3) is 0.250. The molecule has 2 heterocycles. The lowest BCUT2D eigenvalue weighted by Gasteiger charge is -2.31. The van der Waals surface area contributed by atoms with Gasteiger partial charge in [0, 0.05) is 31.9 Å². The van der Waals surface area contributed by atoms with Gasteiger partial charge in [0.05, 0.1) is 10.5 Å². The summed E-state index contributed by atoms with van der Waals surface area (Å²) in [6.07, 6.45) is 0. The third-order valence-corrected chi connectivity index (χ3v) is 7.35. The molecule has 4 rings (SSSR count). The fourth-order valence-electron chi connectivity index (χ4n) is 3.52. The van der Waals surface area contributed by atoms with E-state index in [-0.39, 0.29) is 17.3 Å². The number of carbonyl (C=O) groups is 1. The van der Waals surface area contributed by atoms with Crippen molar-refractivity contribution >= 4 is 21.6 Å². The van der Waals surface area contributed by atoms with Gasteiger partial charge in [-0.1, -0.05) is 18.2 Å². The topological polar surface area (TPSA) is 116 Å². The summed E-state index contributed by atoms with van der Waals surface area (Å²) in [6, 6.07) is 18.2. The molecule has 34 heavy (non-hydrogen) atoms. The van der Waals surface area contributed by atoms with E-state index in [0.29, 0.717) is 48.9 Å². The zero-order chi connectivity index (χ0) is 24.1. The number of nitrogens with one attached hydrogen (secondary N) is 1. The van der Waals surface area contributed by atoms with E-state index < -0.39 is 15.9 Å². The molecule has 0 aliphatic carbocycles. The number of amides is 1. The Kier molecular flexibility index (Phi) is 6.98. The molecule has 3 aromatic rings. The zero-order valence-electron chi connectivity index (χ0n) is 18.6. The molecule has 2 aromatic carbocycles. The molecule has 0 bridgehead atoms. The van der Waals surface area contributed by atoms with Crippen LogP contribution in [0.1, 0.15) is 21.9 Å². The number of furan rings is 1. The highest BCUT2D eigenvalue weighted by atomic mass is 32.2. The largest absolute Gasteiger partial charge is 0.484 e. The molecule has 1 N–H and O–H groups in total. The van der Waals surface area contributed by atoms with Crippen LogP contribution in [-0.2, 0) is 16.6 Å². The second-order valence-corrected chi connectivity index (χ2v) is 9.79. The van der Waals surface area contributed by atoms with Crippen molar-refractivity contribution in [2.45, 2.75) is 11.5 Å². The molecule has 1 aliphatic heterocycles. The standard InChI is InChI=1S/C24H24N4O5S/c1-27-11-13-28(14-12-27)34(30,31)21-7-4-6-19(15-21)26-24(29)23-10-9-20(33-23)17-32-22-8-3-2-5-18(22)16-25/h2-10,15H,11-14,17H2,1H3,(H,26,29). The highest BCUT2D eigenvalue weighted by Gasteiger charge is 2.27. The van der Waals surface area contributed by atoms with Crippen LogP contribution in [0.2, 0.25) is 0 Å². The van der Waals surface area contributed by atoms with Gasteiger partial charge in [-0.05, 0) is 49.5 Å². The first-order valence-corrected chi connectivity index (χ1v) is 12.1. The van der Waals surface area contributed by atoms with Crippen LogP contribution in [-0.4, -0.2) is 56.8 Å². The molecule has 1 aliphatic rings. The van der Waals surface area contributed by atoms with E-state index in [9.17, 15) is 13.2 Å². The fourth-order valence-corrected chi connectivity index (χ4v) is 4.98. The van der Waals surface area contributed by atoms with E-state index in [4.69, 9.17) is 14.4 Å². The van der Waals surface area contributed by atoms with Gasteiger partial charge in [-0.2, -0.15) is 9.57 Å². The van der Waals surface area contributed by atoms with Gasteiger partial charge in [-0.25, -0.2) is 8.42 Å². The summed E-state index contributed by atoms with van der Waals surface area (Å²) in [5.74, 6) is 0.368. The summed E-state index contributed by atoms with van der Waals surface area (Å²) < 4.78 is 38.6. The molecule has 176 valence electrons. The summed E-state index contributed by atoms with van der Waals surface area (Å²) in [6.45, 7) is 2.23. The molecule has 10 heteroatoms. The van der Waals surface area contributed by atoms with Gasteiger partial charge in [0.1, 0.15) is 24.2 Å². The summed E-state index contributed by atoms with van der Waals surface area (Å²) in [5.41, 5.74) is 0.746. The molecular formula is C24H24N4O5S. The molecule has 1 amide bonds. The Balaban J connectivity index is 1.41. The summed E-state index contributed by atoms with van der Waals surface area (Å²) in [4.78, 5) is 14.8. The SMILES string of the molecule is CN1CCN(S(=O)(=O)c2cccc(NC(=O)c3ccc(COc4ccccc4C#N)o3)c2)CC1. The van der Waals surface area contributed by atoms with Crippen molar-refractivity contribution in [2.75, 3.05) is 38.5 Å². The van der Waals surface area contributed by atoms with E-state index in [1.165, 1.54) is 22.5 Å². The number of likely N-dealkylation sites (N-methyl/N-ethyl adjacent to an activating group) is 1. The number of hydrogen-bond acceptors (Lipinski definition) is 7. The highest BCUT2D eigenvalue weighted by Crippen LogP contribution is 2.22. The molecule has 1 fully saturated rings. The maximum atomic E-state index is 13.0. The van der Waals surface area contributed by atoms with E-state index in [0.717, 1.165) is 0 Å². The Morgan fingerprint density at radius 2 is 1.85 bits per heavy atom. The monoisotopic (exact) mass is 480 g/mol. The molecule has 1 aromatic heterocycles. The number of nitrogens with zero attached hydrogens (tertiary/aromatic N) is 3. The second-order valence-electron chi connectivity index (χ2n) is 7.85. The normalized spacial score (nSPS) is 14.9. The maximum absolute atomic E-state index is 13.0. The van der Waals surface area contributed by atoms with Crippen LogP contribution < -0.4 is 10.1 Å². The Bertz CT molecular complexity index is 1320. The summed E-state index contributed by atoms with van der Waals surface area (Å²) in [5, 5.41) is 11.8. The Labute approximate surface area is 198 Å². The van der Waals surface area contributed by atoms with Gasteiger partial charge >= 0.3 is 0 Å². The van der Waals surface area contributed by atoms with Gasteiger partial charge in [-0.15, -0.1) is 0 Å². The number of anilines is 1. The minimum Gasteiger partial charge on any atom is -0.484 e. The average molecular weight is 481 g/mol. The van der Waals surface area contributed by atoms with E-state index in [1.54, 1.807) is 42.5 Å². The lowest BCUT2D eigenvalue weighted by atomic mass is 10.2. The van der Waals surface area contributed by atoms with Crippen molar-refractivity contribution in [1.82, 2.24) is 9.21 Å². The van der Waals surface area contributed by atoms with E-state index >= 15 is 0 Å². The van der Waals surface area contributed by atoms with Crippen LogP contribution in [0, 0.1) is 11.3 Å². The Hall–Kier alpha value is -3.65. The smallest absolute Gasteiger partial charge is 0.291 e. The van der Waals surface area contributed by atoms with Gasteiger partial charge in [0.25, 0.3) is 5.91 Å². The van der Waals surface area contributed by atoms with Crippen LogP contribution in [0.4, 0.5) is 5.69 Å². The molecule has 0 atom stereocenters. The van der Waals surface area contributed by atoms with E-state index in [1.807, 2.05) is 7.05 Å². The lowest BCUT2D eigenvalue weighted by molar-refractivity contribution is 0.0992. The number of hydrogen-bond donors (Lipinski definition) is 1. The second kappa shape index (κ2) is 10.1. The summed E-state index contributed by atoms with van der Waals surface area (Å²) in [7, 11) is -1.70. The first-order valence-electron chi connectivity index (χ1n) is 10.7. The Morgan fingerprint density at radius 1 is 1.09 bits per heavy atom. The zero-order valence-corrected chi connectivity index (χ0v) is 19.4. The van der Waals surface area contributed by atoms with Gasteiger partial charge in [0.15, 0.2) is 5.76 Å². The van der Waals surface area contributed by atoms with Gasteiger partial charge in [-0.3, -0.25) is 4.79 Å². The molecule has 0 saturated carbocycles. The van der Waals surface area contributed by atoms with Crippen molar-refractivity contribution in [3.8, 4) is 11.8 Å². The van der Waals surface area contributed by atoms with Crippen LogP contribution >= 0.6 is 0 Å². The van der Waals surface area contributed by atoms with E-state index in [2.05, 4.69) is 16.3 Å². The van der Waals surface area contributed by atoms with Crippen LogP contribution in [0.25, 0.3) is 0 Å². The first kappa shape index (κ1) is 23.5. The minimum absolute atomic E-state index is 0.0464. The molecule has 0 radical (unpaired) electrons. The minimum atomic E-state index is -3.65. The number of benzene rings is 2. The highest BCUT2D eigenvalue weighted by molar-refractivity contribution is 7.89. The number of carbonyl (C=O) groups excluding carboxylic acids is 1. The third-order valence-electron chi connectivity index (χ3n) is 5.45. The van der Waals surface area contributed by atoms with Crippen molar-refractivity contribution < 1.29 is 22.4 Å².